The van der Waals surface area contributed by atoms with E-state index in [-0.39, 0.29) is 11.6 Å². The highest BCUT2D eigenvalue weighted by atomic mass is 19.1. The molecule has 0 aliphatic heterocycles. The molecule has 0 heterocycles. The number of esters is 1. The first-order chi connectivity index (χ1) is 8.02. The fourth-order valence-electron chi connectivity index (χ4n) is 1.19. The van der Waals surface area contributed by atoms with Crippen LogP contribution in [0.15, 0.2) is 30.3 Å². The van der Waals surface area contributed by atoms with Crippen LogP contribution in [0.3, 0.4) is 0 Å². The van der Waals surface area contributed by atoms with Crippen molar-refractivity contribution in [1.29, 1.82) is 0 Å². The third-order valence-corrected chi connectivity index (χ3v) is 1.93. The Morgan fingerprint density at radius 3 is 2.35 bits per heavy atom. The van der Waals surface area contributed by atoms with Gasteiger partial charge in [0.05, 0.1) is 12.8 Å². The second-order valence-corrected chi connectivity index (χ2v) is 3.27. The van der Waals surface area contributed by atoms with Crippen LogP contribution in [0.5, 0.6) is 0 Å². The highest BCUT2D eigenvalue weighted by Crippen LogP contribution is 2.12. The van der Waals surface area contributed by atoms with E-state index < -0.39 is 11.8 Å². The number of hydrogen-bond acceptors (Lipinski definition) is 3. The van der Waals surface area contributed by atoms with Crippen LogP contribution in [0.4, 0.5) is 4.39 Å². The van der Waals surface area contributed by atoms with Crippen molar-refractivity contribution in [3.8, 4) is 0 Å². The zero-order valence-corrected chi connectivity index (χ0v) is 9.49. The minimum atomic E-state index is -0.599. The van der Waals surface area contributed by atoms with E-state index in [0.29, 0.717) is 5.56 Å². The van der Waals surface area contributed by atoms with Crippen molar-refractivity contribution in [2.24, 2.45) is 0 Å². The Morgan fingerprint density at radius 1 is 1.29 bits per heavy atom. The Kier molecular flexibility index (Phi) is 4.39. The number of hydrogen-bond donors (Lipinski definition) is 1. The second kappa shape index (κ2) is 5.79. The Labute approximate surface area is 98.1 Å². The van der Waals surface area contributed by atoms with Crippen LogP contribution in [0.2, 0.25) is 0 Å². The Bertz CT molecular complexity index is 451. The van der Waals surface area contributed by atoms with Crippen molar-refractivity contribution in [1.82, 2.24) is 5.32 Å². The van der Waals surface area contributed by atoms with Crippen molar-refractivity contribution in [3.05, 3.63) is 41.7 Å². The minimum Gasteiger partial charge on any atom is -0.466 e. The summed E-state index contributed by atoms with van der Waals surface area (Å²) in [7, 11) is 1.23. The van der Waals surface area contributed by atoms with E-state index in [1.54, 1.807) is 0 Å². The molecule has 0 bridgehead atoms. The summed E-state index contributed by atoms with van der Waals surface area (Å²) in [6.07, 6.45) is 1.13. The first kappa shape index (κ1) is 12.9. The SMILES string of the molecule is COC(=O)/C=C(/NC(C)=O)c1ccc(F)cc1. The Morgan fingerprint density at radius 2 is 1.88 bits per heavy atom. The van der Waals surface area contributed by atoms with Gasteiger partial charge >= 0.3 is 5.97 Å². The van der Waals surface area contributed by atoms with Crippen molar-refractivity contribution < 1.29 is 18.7 Å². The summed E-state index contributed by atoms with van der Waals surface area (Å²) in [5.74, 6) is -1.32. The molecule has 17 heavy (non-hydrogen) atoms. The van der Waals surface area contributed by atoms with Gasteiger partial charge in [-0.3, -0.25) is 4.79 Å². The molecular weight excluding hydrogens is 225 g/mol. The molecule has 4 nitrogen and oxygen atoms in total. The van der Waals surface area contributed by atoms with E-state index in [1.165, 1.54) is 38.3 Å². The molecule has 0 saturated carbocycles. The van der Waals surface area contributed by atoms with Gasteiger partial charge in [-0.1, -0.05) is 0 Å². The fraction of sp³-hybridized carbons (Fsp3) is 0.167. The third kappa shape index (κ3) is 4.06. The predicted octanol–water partition coefficient (Wildman–Crippen LogP) is 1.48. The number of carbonyl (C=O) groups excluding carboxylic acids is 2. The summed E-state index contributed by atoms with van der Waals surface area (Å²) < 4.78 is 17.2. The monoisotopic (exact) mass is 237 g/mol. The molecule has 0 aliphatic rings. The van der Waals surface area contributed by atoms with Gasteiger partial charge in [-0.15, -0.1) is 0 Å². The molecule has 1 aromatic carbocycles. The first-order valence-electron chi connectivity index (χ1n) is 4.86. The van der Waals surface area contributed by atoms with Crippen LogP contribution in [0.25, 0.3) is 5.70 Å². The maximum absolute atomic E-state index is 12.7. The number of nitrogens with one attached hydrogen (secondary N) is 1. The van der Waals surface area contributed by atoms with Crippen molar-refractivity contribution in [3.63, 3.8) is 0 Å². The van der Waals surface area contributed by atoms with E-state index in [9.17, 15) is 14.0 Å². The van der Waals surface area contributed by atoms with Gasteiger partial charge in [0.2, 0.25) is 5.91 Å². The van der Waals surface area contributed by atoms with Gasteiger partial charge in [-0.25, -0.2) is 9.18 Å². The molecular formula is C12H12FNO3. The number of amides is 1. The second-order valence-electron chi connectivity index (χ2n) is 3.27. The fourth-order valence-corrected chi connectivity index (χ4v) is 1.19. The number of carbonyl (C=O) groups is 2. The van der Waals surface area contributed by atoms with E-state index in [1.807, 2.05) is 0 Å². The maximum Gasteiger partial charge on any atom is 0.332 e. The van der Waals surface area contributed by atoms with Crippen molar-refractivity contribution in [2.45, 2.75) is 6.92 Å². The van der Waals surface area contributed by atoms with E-state index in [4.69, 9.17) is 0 Å². The molecule has 0 atom stereocenters. The quantitative estimate of drug-likeness (QED) is 0.640. The van der Waals surface area contributed by atoms with Gasteiger partial charge in [-0.05, 0) is 29.8 Å². The average Bonchev–Trinajstić information content (AvgIpc) is 2.28. The molecule has 5 heteroatoms. The van der Waals surface area contributed by atoms with Crippen LogP contribution >= 0.6 is 0 Å². The molecule has 0 aliphatic carbocycles. The van der Waals surface area contributed by atoms with Gasteiger partial charge < -0.3 is 10.1 Å². The van der Waals surface area contributed by atoms with E-state index in [2.05, 4.69) is 10.1 Å². The van der Waals surface area contributed by atoms with Crippen LogP contribution in [-0.4, -0.2) is 19.0 Å². The summed E-state index contributed by atoms with van der Waals surface area (Å²) in [5, 5.41) is 2.48. The van der Waals surface area contributed by atoms with Gasteiger partial charge in [0.25, 0.3) is 0 Å². The molecule has 0 aromatic heterocycles. The zero-order chi connectivity index (χ0) is 12.8. The molecule has 0 spiro atoms. The topological polar surface area (TPSA) is 55.4 Å². The molecule has 0 radical (unpaired) electrons. The normalized spacial score (nSPS) is 10.9. The van der Waals surface area contributed by atoms with Gasteiger partial charge in [-0.2, -0.15) is 0 Å². The lowest BCUT2D eigenvalue weighted by Crippen LogP contribution is -2.19. The van der Waals surface area contributed by atoms with Gasteiger partial charge in [0.15, 0.2) is 0 Å². The Balaban J connectivity index is 3.05. The Hall–Kier alpha value is -2.17. The number of rotatable bonds is 3. The largest absolute Gasteiger partial charge is 0.466 e. The smallest absolute Gasteiger partial charge is 0.332 e. The molecule has 1 amide bonds. The van der Waals surface area contributed by atoms with Crippen LogP contribution in [-0.2, 0) is 14.3 Å². The lowest BCUT2D eigenvalue weighted by molar-refractivity contribution is -0.134. The number of halogens is 1. The van der Waals surface area contributed by atoms with Gasteiger partial charge in [0.1, 0.15) is 5.82 Å². The number of benzene rings is 1. The molecule has 1 N–H and O–H groups in total. The summed E-state index contributed by atoms with van der Waals surface area (Å²) in [6.45, 7) is 1.31. The molecule has 1 aromatic rings. The summed E-state index contributed by atoms with van der Waals surface area (Å²) >= 11 is 0. The lowest BCUT2D eigenvalue weighted by Gasteiger charge is -2.07. The highest BCUT2D eigenvalue weighted by Gasteiger charge is 2.06. The van der Waals surface area contributed by atoms with Crippen LogP contribution < -0.4 is 5.32 Å². The molecule has 90 valence electrons. The van der Waals surface area contributed by atoms with Crippen molar-refractivity contribution >= 4 is 17.6 Å². The summed E-state index contributed by atoms with van der Waals surface area (Å²) in [5.41, 5.74) is 0.788. The van der Waals surface area contributed by atoms with E-state index >= 15 is 0 Å². The van der Waals surface area contributed by atoms with Crippen molar-refractivity contribution in [2.75, 3.05) is 7.11 Å². The molecule has 0 saturated heterocycles. The molecule has 0 unspecified atom stereocenters. The maximum atomic E-state index is 12.7. The highest BCUT2D eigenvalue weighted by molar-refractivity contribution is 5.95. The average molecular weight is 237 g/mol. The lowest BCUT2D eigenvalue weighted by atomic mass is 10.1. The first-order valence-corrected chi connectivity index (χ1v) is 4.86. The minimum absolute atomic E-state index is 0.268. The van der Waals surface area contributed by atoms with Gasteiger partial charge in [0, 0.05) is 13.0 Å². The number of methoxy groups -OCH3 is 1. The summed E-state index contributed by atoms with van der Waals surface area (Å²) in [6, 6.07) is 5.39. The standard InChI is InChI=1S/C12H12FNO3/c1-8(15)14-11(7-12(16)17-2)9-3-5-10(13)6-4-9/h3-7H,1-2H3,(H,14,15)/b11-7+. The van der Waals surface area contributed by atoms with Crippen LogP contribution in [0, 0.1) is 5.82 Å². The summed E-state index contributed by atoms with van der Waals surface area (Å²) in [4.78, 5) is 22.1. The molecule has 1 rings (SSSR count). The van der Waals surface area contributed by atoms with E-state index in [0.717, 1.165) is 6.08 Å². The predicted molar refractivity (Wildman–Crippen MR) is 60.2 cm³/mol. The molecule has 0 fully saturated rings. The zero-order valence-electron chi connectivity index (χ0n) is 9.49. The third-order valence-electron chi connectivity index (χ3n) is 1.93. The van der Waals surface area contributed by atoms with Crippen LogP contribution in [0.1, 0.15) is 12.5 Å². The number of ether oxygens (including phenoxy) is 1.